The molecule has 3 aliphatic rings. The molecule has 4 heteroatoms. The fourth-order valence-electron chi connectivity index (χ4n) is 3.26. The van der Waals surface area contributed by atoms with Crippen molar-refractivity contribution < 1.29 is 19.4 Å². The smallest absolute Gasteiger partial charge is 0.334 e. The Hall–Kier alpha value is -1.13. The van der Waals surface area contributed by atoms with E-state index in [0.717, 1.165) is 31.3 Å². The average Bonchev–Trinajstić information content (AvgIpc) is 2.97. The van der Waals surface area contributed by atoms with Crippen LogP contribution in [0, 0.1) is 5.92 Å². The minimum atomic E-state index is -0.290. The SMILES string of the molecule is C=C1C(=O)O[C@H]2[C@@H]1CC/C(CO)=C\CC[C@@]1(C)O[C@@H]21. The van der Waals surface area contributed by atoms with E-state index in [0.29, 0.717) is 5.57 Å². The molecule has 2 fully saturated rings. The summed E-state index contributed by atoms with van der Waals surface area (Å²) < 4.78 is 11.3. The number of allylic oxidation sites excluding steroid dienone is 1. The van der Waals surface area contributed by atoms with Crippen molar-refractivity contribution in [3.8, 4) is 0 Å². The van der Waals surface area contributed by atoms with Gasteiger partial charge in [-0.3, -0.25) is 0 Å². The second kappa shape index (κ2) is 4.46. The van der Waals surface area contributed by atoms with E-state index in [4.69, 9.17) is 9.47 Å². The van der Waals surface area contributed by atoms with Crippen molar-refractivity contribution in [2.45, 2.75) is 50.4 Å². The quantitative estimate of drug-likeness (QED) is 0.339. The van der Waals surface area contributed by atoms with Crippen LogP contribution in [0.1, 0.15) is 32.6 Å². The van der Waals surface area contributed by atoms with Crippen LogP contribution in [0.4, 0.5) is 0 Å². The molecule has 0 radical (unpaired) electrons. The minimum Gasteiger partial charge on any atom is -0.455 e. The number of aliphatic hydroxyl groups is 1. The zero-order valence-electron chi connectivity index (χ0n) is 11.2. The van der Waals surface area contributed by atoms with Gasteiger partial charge in [-0.15, -0.1) is 0 Å². The molecule has 0 aromatic rings. The maximum absolute atomic E-state index is 11.7. The fourth-order valence-corrected chi connectivity index (χ4v) is 3.26. The van der Waals surface area contributed by atoms with Gasteiger partial charge < -0.3 is 14.6 Å². The summed E-state index contributed by atoms with van der Waals surface area (Å²) in [5.41, 5.74) is 1.40. The topological polar surface area (TPSA) is 59.1 Å². The Kier molecular flexibility index (Phi) is 3.02. The molecule has 2 saturated heterocycles. The molecule has 0 bridgehead atoms. The van der Waals surface area contributed by atoms with Crippen molar-refractivity contribution in [3.63, 3.8) is 0 Å². The Balaban J connectivity index is 1.86. The lowest BCUT2D eigenvalue weighted by Gasteiger charge is -2.19. The second-order valence-corrected chi connectivity index (χ2v) is 5.95. The van der Waals surface area contributed by atoms with Crippen LogP contribution in [0.25, 0.3) is 0 Å². The van der Waals surface area contributed by atoms with Crippen LogP contribution in [-0.2, 0) is 14.3 Å². The van der Waals surface area contributed by atoms with Gasteiger partial charge in [0.2, 0.25) is 0 Å². The van der Waals surface area contributed by atoms with Gasteiger partial charge in [-0.05, 0) is 38.2 Å². The molecule has 1 aliphatic carbocycles. The average molecular weight is 264 g/mol. The number of fused-ring (bicyclic) bond motifs is 3. The van der Waals surface area contributed by atoms with Crippen LogP contribution >= 0.6 is 0 Å². The van der Waals surface area contributed by atoms with E-state index in [1.54, 1.807) is 0 Å². The third-order valence-electron chi connectivity index (χ3n) is 4.64. The van der Waals surface area contributed by atoms with Crippen molar-refractivity contribution in [1.82, 2.24) is 0 Å². The Labute approximate surface area is 113 Å². The van der Waals surface area contributed by atoms with E-state index < -0.39 is 0 Å². The molecule has 19 heavy (non-hydrogen) atoms. The molecule has 4 nitrogen and oxygen atoms in total. The van der Waals surface area contributed by atoms with Gasteiger partial charge in [0, 0.05) is 11.5 Å². The highest BCUT2D eigenvalue weighted by Gasteiger charge is 2.61. The maximum Gasteiger partial charge on any atom is 0.334 e. The highest BCUT2D eigenvalue weighted by molar-refractivity contribution is 5.91. The maximum atomic E-state index is 11.7. The summed E-state index contributed by atoms with van der Waals surface area (Å²) in [5, 5.41) is 9.35. The van der Waals surface area contributed by atoms with Crippen molar-refractivity contribution in [2.75, 3.05) is 6.61 Å². The first-order chi connectivity index (χ1) is 9.05. The zero-order chi connectivity index (χ0) is 13.6. The number of carbonyl (C=O) groups is 1. The molecule has 0 aromatic heterocycles. The first-order valence-corrected chi connectivity index (χ1v) is 6.91. The van der Waals surface area contributed by atoms with Crippen molar-refractivity contribution >= 4 is 5.97 Å². The van der Waals surface area contributed by atoms with Crippen molar-refractivity contribution in [2.24, 2.45) is 5.92 Å². The number of hydrogen-bond donors (Lipinski definition) is 1. The van der Waals surface area contributed by atoms with Gasteiger partial charge in [0.05, 0.1) is 12.2 Å². The summed E-state index contributed by atoms with van der Waals surface area (Å²) in [6.45, 7) is 6.01. The third kappa shape index (κ3) is 2.13. The molecular formula is C15H20O4. The minimum absolute atomic E-state index is 0.00442. The zero-order valence-corrected chi connectivity index (χ0v) is 11.2. The number of carbonyl (C=O) groups excluding carboxylic acids is 1. The largest absolute Gasteiger partial charge is 0.455 e. The molecule has 4 atom stereocenters. The predicted octanol–water partition coefficient (Wildman–Crippen LogP) is 1.73. The molecule has 2 heterocycles. The summed E-state index contributed by atoms with van der Waals surface area (Å²) in [6, 6.07) is 0. The lowest BCUT2D eigenvalue weighted by atomic mass is 9.84. The van der Waals surface area contributed by atoms with E-state index >= 15 is 0 Å². The van der Waals surface area contributed by atoms with Gasteiger partial charge in [-0.25, -0.2) is 4.79 Å². The molecule has 0 amide bonds. The summed E-state index contributed by atoms with van der Waals surface area (Å²) in [6.07, 6.45) is 5.29. The molecule has 0 spiro atoms. The number of esters is 1. The summed E-state index contributed by atoms with van der Waals surface area (Å²) in [7, 11) is 0. The lowest BCUT2D eigenvalue weighted by molar-refractivity contribution is -0.140. The molecule has 2 aliphatic heterocycles. The molecule has 1 N–H and O–H groups in total. The number of aliphatic hydroxyl groups excluding tert-OH is 1. The molecule has 0 saturated carbocycles. The van der Waals surface area contributed by atoms with Crippen LogP contribution < -0.4 is 0 Å². The third-order valence-corrected chi connectivity index (χ3v) is 4.64. The normalized spacial score (nSPS) is 44.7. The molecule has 0 unspecified atom stereocenters. The number of ether oxygens (including phenoxy) is 2. The molecule has 0 aromatic carbocycles. The van der Waals surface area contributed by atoms with Crippen molar-refractivity contribution in [1.29, 1.82) is 0 Å². The van der Waals surface area contributed by atoms with E-state index in [1.165, 1.54) is 0 Å². The molecule has 3 rings (SSSR count). The van der Waals surface area contributed by atoms with Gasteiger partial charge in [0.25, 0.3) is 0 Å². The van der Waals surface area contributed by atoms with Crippen molar-refractivity contribution in [3.05, 3.63) is 23.8 Å². The van der Waals surface area contributed by atoms with Gasteiger partial charge in [0.1, 0.15) is 12.2 Å². The highest BCUT2D eigenvalue weighted by Crippen LogP contribution is 2.49. The van der Waals surface area contributed by atoms with Gasteiger partial charge in [0.15, 0.2) is 0 Å². The summed E-state index contributed by atoms with van der Waals surface area (Å²) in [5.74, 6) is -0.269. The Bertz CT molecular complexity index is 453. The summed E-state index contributed by atoms with van der Waals surface area (Å²) in [4.78, 5) is 11.7. The predicted molar refractivity (Wildman–Crippen MR) is 69.4 cm³/mol. The second-order valence-electron chi connectivity index (χ2n) is 5.95. The number of rotatable bonds is 1. The fraction of sp³-hybridized carbons (Fsp3) is 0.667. The summed E-state index contributed by atoms with van der Waals surface area (Å²) >= 11 is 0. The van der Waals surface area contributed by atoms with Crippen LogP contribution in [0.3, 0.4) is 0 Å². The first-order valence-electron chi connectivity index (χ1n) is 6.91. The Morgan fingerprint density at radius 2 is 2.37 bits per heavy atom. The first kappa shape index (κ1) is 12.9. The Morgan fingerprint density at radius 3 is 3.11 bits per heavy atom. The van der Waals surface area contributed by atoms with E-state index in [1.807, 2.05) is 0 Å². The van der Waals surface area contributed by atoms with Gasteiger partial charge in [-0.1, -0.05) is 12.7 Å². The van der Waals surface area contributed by atoms with Gasteiger partial charge >= 0.3 is 5.97 Å². The van der Waals surface area contributed by atoms with Gasteiger partial charge in [-0.2, -0.15) is 0 Å². The van der Waals surface area contributed by atoms with Crippen LogP contribution in [0.2, 0.25) is 0 Å². The number of hydrogen-bond acceptors (Lipinski definition) is 4. The molecule has 104 valence electrons. The standard InChI is InChI=1S/C15H20O4/c1-9-11-6-5-10(8-16)4-3-7-15(2)13(19-15)12(11)18-14(9)17/h4,11-13,16H,1,3,5-8H2,2H3/b10-4+/t11-,12+,13+,15-/m1/s1. The van der Waals surface area contributed by atoms with E-state index in [-0.39, 0.29) is 36.3 Å². The highest BCUT2D eigenvalue weighted by atomic mass is 16.6. The monoisotopic (exact) mass is 264 g/mol. The lowest BCUT2D eigenvalue weighted by Crippen LogP contribution is -2.29. The van der Waals surface area contributed by atoms with E-state index in [9.17, 15) is 9.90 Å². The van der Waals surface area contributed by atoms with Crippen LogP contribution in [-0.4, -0.2) is 35.5 Å². The Morgan fingerprint density at radius 1 is 1.58 bits per heavy atom. The van der Waals surface area contributed by atoms with Crippen LogP contribution in [0.5, 0.6) is 0 Å². The van der Waals surface area contributed by atoms with Crippen LogP contribution in [0.15, 0.2) is 23.8 Å². The number of epoxide rings is 1. The van der Waals surface area contributed by atoms with E-state index in [2.05, 4.69) is 19.6 Å². The molecular weight excluding hydrogens is 244 g/mol.